The summed E-state index contributed by atoms with van der Waals surface area (Å²) in [4.78, 5) is 15.1. The Hall–Kier alpha value is -1.35. The minimum atomic E-state index is -0.0197. The quantitative estimate of drug-likeness (QED) is 0.923. The summed E-state index contributed by atoms with van der Waals surface area (Å²) in [5.74, 6) is 0.629. The van der Waals surface area contributed by atoms with Crippen LogP contribution in [0.1, 0.15) is 45.6 Å². The molecule has 0 bridgehead atoms. The molecule has 0 saturated carbocycles. The molecule has 0 aromatic heterocycles. The lowest BCUT2D eigenvalue weighted by Gasteiger charge is -2.39. The molecule has 1 saturated heterocycles. The second-order valence-electron chi connectivity index (χ2n) is 6.49. The van der Waals surface area contributed by atoms with Gasteiger partial charge in [-0.15, -0.1) is 0 Å². The molecule has 4 unspecified atom stereocenters. The number of amides is 1. The average molecular weight is 288 g/mol. The van der Waals surface area contributed by atoms with E-state index in [9.17, 15) is 4.79 Å². The van der Waals surface area contributed by atoms with Crippen molar-refractivity contribution in [3.63, 3.8) is 0 Å². The summed E-state index contributed by atoms with van der Waals surface area (Å²) in [7, 11) is 0. The van der Waals surface area contributed by atoms with E-state index < -0.39 is 0 Å². The minimum Gasteiger partial charge on any atom is -0.339 e. The summed E-state index contributed by atoms with van der Waals surface area (Å²) < 4.78 is 0. The number of carbonyl (C=O) groups excluding carboxylic acids is 1. The number of piperazine rings is 1. The molecule has 1 aromatic carbocycles. The zero-order chi connectivity index (χ0) is 15.4. The van der Waals surface area contributed by atoms with Crippen LogP contribution in [0.3, 0.4) is 0 Å². The first-order valence-corrected chi connectivity index (χ1v) is 8.12. The van der Waals surface area contributed by atoms with E-state index >= 15 is 0 Å². The van der Waals surface area contributed by atoms with Crippen LogP contribution in [-0.4, -0.2) is 36.0 Å². The lowest BCUT2D eigenvalue weighted by atomic mass is 9.84. The van der Waals surface area contributed by atoms with E-state index in [4.69, 9.17) is 0 Å². The second kappa shape index (κ2) is 7.08. The van der Waals surface area contributed by atoms with E-state index in [1.807, 2.05) is 18.2 Å². The highest BCUT2D eigenvalue weighted by Crippen LogP contribution is 2.29. The van der Waals surface area contributed by atoms with Crippen molar-refractivity contribution in [3.05, 3.63) is 35.9 Å². The van der Waals surface area contributed by atoms with E-state index in [0.29, 0.717) is 18.0 Å². The summed E-state index contributed by atoms with van der Waals surface area (Å²) in [5.41, 5.74) is 1.15. The fourth-order valence-corrected chi connectivity index (χ4v) is 3.31. The third-order valence-electron chi connectivity index (χ3n) is 4.51. The van der Waals surface area contributed by atoms with E-state index in [0.717, 1.165) is 25.1 Å². The summed E-state index contributed by atoms with van der Waals surface area (Å²) in [6.07, 6.45) is 1.02. The van der Waals surface area contributed by atoms with Gasteiger partial charge in [-0.2, -0.15) is 0 Å². The number of nitrogens with zero attached hydrogens (tertiary/aromatic N) is 1. The first-order chi connectivity index (χ1) is 10.0. The smallest absolute Gasteiger partial charge is 0.230 e. The fraction of sp³-hybridized carbons (Fsp3) is 0.611. The van der Waals surface area contributed by atoms with E-state index in [1.54, 1.807) is 0 Å². The number of carbonyl (C=O) groups is 1. The van der Waals surface area contributed by atoms with Crippen molar-refractivity contribution in [1.29, 1.82) is 0 Å². The molecule has 1 amide bonds. The van der Waals surface area contributed by atoms with Gasteiger partial charge in [0.15, 0.2) is 0 Å². The molecule has 1 aromatic rings. The van der Waals surface area contributed by atoms with Gasteiger partial charge >= 0.3 is 0 Å². The normalized spacial score (nSPS) is 25.4. The molecule has 4 atom stereocenters. The molecule has 1 N–H and O–H groups in total. The van der Waals surface area contributed by atoms with Gasteiger partial charge in [0.25, 0.3) is 0 Å². The Morgan fingerprint density at radius 1 is 1.24 bits per heavy atom. The summed E-state index contributed by atoms with van der Waals surface area (Å²) >= 11 is 0. The molecule has 0 aliphatic carbocycles. The maximum absolute atomic E-state index is 13.1. The van der Waals surface area contributed by atoms with Gasteiger partial charge in [0, 0.05) is 25.2 Å². The van der Waals surface area contributed by atoms with Crippen LogP contribution < -0.4 is 5.32 Å². The average Bonchev–Trinajstić information content (AvgIpc) is 2.47. The van der Waals surface area contributed by atoms with Crippen LogP contribution in [0.4, 0.5) is 0 Å². The maximum Gasteiger partial charge on any atom is 0.230 e. The van der Waals surface area contributed by atoms with Crippen molar-refractivity contribution in [2.75, 3.05) is 13.1 Å². The zero-order valence-corrected chi connectivity index (χ0v) is 13.7. The van der Waals surface area contributed by atoms with E-state index in [-0.39, 0.29) is 11.8 Å². The van der Waals surface area contributed by atoms with Gasteiger partial charge in [-0.1, -0.05) is 50.6 Å². The second-order valence-corrected chi connectivity index (χ2v) is 6.49. The number of hydrogen-bond acceptors (Lipinski definition) is 2. The number of hydrogen-bond donors (Lipinski definition) is 1. The van der Waals surface area contributed by atoms with E-state index in [1.165, 1.54) is 0 Å². The van der Waals surface area contributed by atoms with Gasteiger partial charge in [0.05, 0.1) is 5.92 Å². The Labute approximate surface area is 128 Å². The maximum atomic E-state index is 13.1. The molecule has 1 fully saturated rings. The van der Waals surface area contributed by atoms with E-state index in [2.05, 4.69) is 50.0 Å². The Morgan fingerprint density at radius 2 is 1.81 bits per heavy atom. The topological polar surface area (TPSA) is 32.3 Å². The third-order valence-corrected chi connectivity index (χ3v) is 4.51. The van der Waals surface area contributed by atoms with Crippen LogP contribution in [0, 0.1) is 5.92 Å². The van der Waals surface area contributed by atoms with Crippen molar-refractivity contribution in [3.8, 4) is 0 Å². The van der Waals surface area contributed by atoms with Gasteiger partial charge in [-0.05, 0) is 25.3 Å². The molecule has 1 aliphatic rings. The summed E-state index contributed by atoms with van der Waals surface area (Å²) in [5, 5.41) is 3.49. The number of rotatable bonds is 4. The molecule has 116 valence electrons. The van der Waals surface area contributed by atoms with Crippen molar-refractivity contribution in [2.45, 2.75) is 52.1 Å². The van der Waals surface area contributed by atoms with Crippen LogP contribution in [0.25, 0.3) is 0 Å². The van der Waals surface area contributed by atoms with Gasteiger partial charge in [-0.3, -0.25) is 4.79 Å². The highest BCUT2D eigenvalue weighted by atomic mass is 16.2. The SMILES string of the molecule is CCC(C)C(C(=O)N1CC(C)NC(C)C1)c1ccccc1. The van der Waals surface area contributed by atoms with Crippen LogP contribution in [0.15, 0.2) is 30.3 Å². The molecule has 3 heteroatoms. The molecule has 1 aliphatic heterocycles. The highest BCUT2D eigenvalue weighted by molar-refractivity contribution is 5.84. The van der Waals surface area contributed by atoms with Crippen LogP contribution in [-0.2, 0) is 4.79 Å². The standard InChI is InChI=1S/C18H28N2O/c1-5-13(2)17(16-9-7-6-8-10-16)18(21)20-11-14(3)19-15(4)12-20/h6-10,13-15,17,19H,5,11-12H2,1-4H3. The third kappa shape index (κ3) is 3.85. The molecule has 1 heterocycles. The first kappa shape index (κ1) is 16.0. The number of benzene rings is 1. The molecule has 0 spiro atoms. The predicted octanol–water partition coefficient (Wildman–Crippen LogP) is 3.03. The number of nitrogens with one attached hydrogen (secondary N) is 1. The summed E-state index contributed by atoms with van der Waals surface area (Å²) in [6.45, 7) is 10.3. The lowest BCUT2D eigenvalue weighted by Crippen LogP contribution is -2.57. The molecular weight excluding hydrogens is 260 g/mol. The highest BCUT2D eigenvalue weighted by Gasteiger charge is 2.33. The molecule has 2 rings (SSSR count). The first-order valence-electron chi connectivity index (χ1n) is 8.12. The Bertz CT molecular complexity index is 450. The Balaban J connectivity index is 2.22. The molecule has 0 radical (unpaired) electrons. The Kier molecular flexibility index (Phi) is 5.40. The molecule has 3 nitrogen and oxygen atoms in total. The largest absolute Gasteiger partial charge is 0.339 e. The lowest BCUT2D eigenvalue weighted by molar-refractivity contribution is -0.135. The van der Waals surface area contributed by atoms with Gasteiger partial charge in [-0.25, -0.2) is 0 Å². The van der Waals surface area contributed by atoms with Crippen molar-refractivity contribution >= 4 is 5.91 Å². The van der Waals surface area contributed by atoms with Crippen molar-refractivity contribution in [1.82, 2.24) is 10.2 Å². The van der Waals surface area contributed by atoms with Gasteiger partial charge in [0.2, 0.25) is 5.91 Å². The predicted molar refractivity (Wildman–Crippen MR) is 87.3 cm³/mol. The zero-order valence-electron chi connectivity index (χ0n) is 13.7. The monoisotopic (exact) mass is 288 g/mol. The van der Waals surface area contributed by atoms with Crippen molar-refractivity contribution in [2.24, 2.45) is 5.92 Å². The Morgan fingerprint density at radius 3 is 2.33 bits per heavy atom. The molecular formula is C18H28N2O. The van der Waals surface area contributed by atoms with Crippen molar-refractivity contribution < 1.29 is 4.79 Å². The van der Waals surface area contributed by atoms with Gasteiger partial charge in [0.1, 0.15) is 0 Å². The van der Waals surface area contributed by atoms with Gasteiger partial charge < -0.3 is 10.2 Å². The molecule has 21 heavy (non-hydrogen) atoms. The van der Waals surface area contributed by atoms with Crippen LogP contribution in [0.5, 0.6) is 0 Å². The van der Waals surface area contributed by atoms with Crippen LogP contribution >= 0.6 is 0 Å². The van der Waals surface area contributed by atoms with Crippen LogP contribution in [0.2, 0.25) is 0 Å². The fourth-order valence-electron chi connectivity index (χ4n) is 3.31. The summed E-state index contributed by atoms with van der Waals surface area (Å²) in [6, 6.07) is 11.0. The minimum absolute atomic E-state index is 0.0197.